The van der Waals surface area contributed by atoms with Gasteiger partial charge in [0.15, 0.2) is 59.0 Å². The van der Waals surface area contributed by atoms with Crippen molar-refractivity contribution in [3.63, 3.8) is 0 Å². The molecule has 17 nitrogen and oxygen atoms in total. The van der Waals surface area contributed by atoms with Gasteiger partial charge < -0.3 is 19.6 Å². The van der Waals surface area contributed by atoms with Crippen molar-refractivity contribution in [2.45, 2.75) is 147 Å². The predicted molar refractivity (Wildman–Crippen MR) is 397 cm³/mol. The molecule has 6 aromatic rings. The fraction of sp³-hybridized carbons (Fsp3) is 0.418. The quantitative estimate of drug-likeness (QED) is 0.0312. The number of benzene rings is 5. The van der Waals surface area contributed by atoms with Crippen LogP contribution in [0.5, 0.6) is 5.06 Å². The van der Waals surface area contributed by atoms with Crippen LogP contribution in [0.25, 0.3) is 0 Å². The van der Waals surface area contributed by atoms with Crippen LogP contribution in [0.3, 0.4) is 0 Å². The summed E-state index contributed by atoms with van der Waals surface area (Å²) in [6, 6.07) is 33.6. The summed E-state index contributed by atoms with van der Waals surface area (Å²) in [5, 5.41) is 22.9. The summed E-state index contributed by atoms with van der Waals surface area (Å²) in [4.78, 5) is 90.7. The number of halogens is 5. The Labute approximate surface area is 628 Å². The van der Waals surface area contributed by atoms with Gasteiger partial charge in [-0.1, -0.05) is 115 Å². The van der Waals surface area contributed by atoms with Crippen LogP contribution in [0, 0.1) is 64.1 Å². The van der Waals surface area contributed by atoms with E-state index >= 15 is 0 Å². The molecule has 562 valence electrons. The molecule has 0 amide bonds. The van der Waals surface area contributed by atoms with E-state index in [1.165, 1.54) is 118 Å². The number of aliphatic hydroxyl groups is 1. The number of thiophene rings is 1. The van der Waals surface area contributed by atoms with E-state index < -0.39 is 60.5 Å². The van der Waals surface area contributed by atoms with Crippen LogP contribution in [0.15, 0.2) is 148 Å². The number of thioether (sulfide) groups is 2. The summed E-state index contributed by atoms with van der Waals surface area (Å²) >= 11 is 4.27. The summed E-state index contributed by atoms with van der Waals surface area (Å²) in [6.07, 6.45) is 7.87. The Morgan fingerprint density at radius 2 is 1.01 bits per heavy atom. The van der Waals surface area contributed by atoms with E-state index in [2.05, 4.69) is 15.1 Å². The maximum Gasteiger partial charge on any atom is 0.308 e. The standard InChI is InChI=1S/C20H20FNO3S.C18H18FNO2S.C12H13FO4S.C11H14FNOSi.C11H11FO2.C7H9NOS/c1-12(23)25-18-10-14-11-22(9-8-17(14)26-18)19(20(24)13-6-7-13)15-4-2-3-5-16(15)21;19-14-4-2-1-3-13(14)17(18(22)11-5-6-11)20-8-7-15-12(10-20)9-16(21)23-15;1-18(15,16)17-12(11(14)8-6-7-8)9-4-2-3-5-10(9)13;1-15(2,3)14-11(8-13)9-6-4-5-7-10(9)12;12-9-4-2-1-3-8(9)11(14)10(13)7-5-6-7;9-7-3-5-4-8-2-1-6(5)10-7/h2-5,10,13,19H,6-9,11H2,1H3;1-4,11,17H,5-10H2;2-5,8,12H,6-7H2,1H3;4-7,11H,1-3H3;1-4,7,11,14H,5-6H2;8H,1-4H2. The molecule has 27 heteroatoms. The van der Waals surface area contributed by atoms with Gasteiger partial charge in [0.05, 0.1) is 24.4 Å². The third-order valence-corrected chi connectivity index (χ3v) is 23.4. The normalized spacial score (nSPS) is 19.1. The summed E-state index contributed by atoms with van der Waals surface area (Å²) in [5.74, 6) is -3.03. The van der Waals surface area contributed by atoms with Crippen LogP contribution in [0.1, 0.15) is 153 Å². The number of nitrogens with one attached hydrogen (secondary N) is 1. The molecule has 5 aromatic carbocycles. The van der Waals surface area contributed by atoms with Crippen LogP contribution in [0.2, 0.25) is 19.6 Å². The number of nitrogens with zero attached hydrogens (tertiary/aromatic N) is 3. The predicted octanol–water partition coefficient (Wildman–Crippen LogP) is 15.2. The number of hydrogen-bond donors (Lipinski definition) is 2. The third-order valence-electron chi connectivity index (χ3n) is 18.5. The zero-order valence-electron chi connectivity index (χ0n) is 59.5. The Morgan fingerprint density at radius 3 is 1.46 bits per heavy atom. The van der Waals surface area contributed by atoms with E-state index in [4.69, 9.17) is 18.6 Å². The molecule has 5 aliphatic heterocycles. The summed E-state index contributed by atoms with van der Waals surface area (Å²) in [6.45, 7) is 11.8. The second-order valence-electron chi connectivity index (χ2n) is 28.3. The fourth-order valence-electron chi connectivity index (χ4n) is 12.7. The van der Waals surface area contributed by atoms with Crippen molar-refractivity contribution in [1.29, 1.82) is 5.26 Å². The van der Waals surface area contributed by atoms with Crippen molar-refractivity contribution in [2.75, 3.05) is 39.0 Å². The number of Topliss-reactive ketones (excluding diaryl/α,β-unsaturated/α-hetero) is 4. The maximum absolute atomic E-state index is 14.4. The number of rotatable bonds is 20. The molecule has 2 N–H and O–H groups in total. The SMILES string of the molecule is CC(=O)Oc1cc2c(s1)CCN(C(C(=O)C1CC1)c1ccccc1F)C2.CS(=O)(=O)OC(C(=O)C1CC1)c1ccccc1F.C[Si](C)(C)OC(C#N)c1ccccc1F.O=C(C1CC1)C(O)c1ccccc1F.O=C1CC2=C(CCN(C(C(=O)C3CC3)c3ccccc3F)C2)S1.O=C1CC2=C(CCNC2)S1. The molecule has 4 saturated carbocycles. The molecule has 0 saturated heterocycles. The number of hydrogen-bond acceptors (Lipinski definition) is 20. The Morgan fingerprint density at radius 1 is 0.585 bits per heavy atom. The van der Waals surface area contributed by atoms with Gasteiger partial charge in [-0.2, -0.15) is 13.7 Å². The second-order valence-corrected chi connectivity index (χ2v) is 37.7. The van der Waals surface area contributed by atoms with Gasteiger partial charge in [-0.15, -0.1) is 11.3 Å². The number of esters is 1. The number of carbonyl (C=O) groups is 7. The number of ketones is 4. The molecule has 106 heavy (non-hydrogen) atoms. The Kier molecular flexibility index (Phi) is 28.0. The average Bonchev–Trinajstić information content (AvgIpc) is 0.907. The lowest BCUT2D eigenvalue weighted by atomic mass is 9.94. The van der Waals surface area contributed by atoms with Gasteiger partial charge in [0, 0.05) is 109 Å². The Bertz CT molecular complexity index is 4470. The van der Waals surface area contributed by atoms with Crippen molar-refractivity contribution in [1.82, 2.24) is 15.1 Å². The maximum atomic E-state index is 14.4. The first kappa shape index (κ1) is 81.1. The Balaban J connectivity index is 0.000000139. The van der Waals surface area contributed by atoms with E-state index in [1.807, 2.05) is 31.8 Å². The highest BCUT2D eigenvalue weighted by molar-refractivity contribution is 8.17. The summed E-state index contributed by atoms with van der Waals surface area (Å²) < 4.78 is 107. The van der Waals surface area contributed by atoms with Crippen molar-refractivity contribution in [3.8, 4) is 11.1 Å². The minimum absolute atomic E-state index is 0.0279. The molecular formula is C79H85F5N4O13S4Si. The minimum Gasteiger partial charge on any atom is -0.416 e. The summed E-state index contributed by atoms with van der Waals surface area (Å²) in [7, 11) is -5.66. The molecular weight excluding hydrogens is 1460 g/mol. The van der Waals surface area contributed by atoms with E-state index in [0.717, 1.165) is 93.2 Å². The second kappa shape index (κ2) is 36.6. The molecule has 5 atom stereocenters. The first-order valence-corrected chi connectivity index (χ1v) is 43.0. The van der Waals surface area contributed by atoms with Gasteiger partial charge in [-0.3, -0.25) is 47.5 Å². The van der Waals surface area contributed by atoms with E-state index in [1.54, 1.807) is 60.7 Å². The topological polar surface area (TPSA) is 244 Å². The number of ether oxygens (including phenoxy) is 1. The zero-order chi connectivity index (χ0) is 76.1. The van der Waals surface area contributed by atoms with Crippen molar-refractivity contribution in [2.24, 2.45) is 23.7 Å². The van der Waals surface area contributed by atoms with Crippen LogP contribution in [-0.2, 0) is 65.3 Å². The van der Waals surface area contributed by atoms with Gasteiger partial charge in [0.2, 0.25) is 0 Å². The number of carbonyl (C=O) groups excluding carboxylic acids is 7. The first-order chi connectivity index (χ1) is 50.5. The average molecular weight is 1550 g/mol. The van der Waals surface area contributed by atoms with Crippen molar-refractivity contribution >= 4 is 92.6 Å². The first-order valence-electron chi connectivity index (χ1n) is 35.4. The van der Waals surface area contributed by atoms with Gasteiger partial charge in [-0.25, -0.2) is 22.0 Å². The number of nitriles is 1. The highest BCUT2D eigenvalue weighted by Crippen LogP contribution is 2.46. The lowest BCUT2D eigenvalue weighted by molar-refractivity contribution is -0.132. The van der Waals surface area contributed by atoms with Crippen molar-refractivity contribution in [3.05, 3.63) is 216 Å². The molecule has 4 aliphatic carbocycles. The number of aliphatic hydroxyl groups excluding tert-OH is 1. The monoisotopic (exact) mass is 1550 g/mol. The molecule has 1 aromatic heterocycles. The smallest absolute Gasteiger partial charge is 0.308 e. The highest BCUT2D eigenvalue weighted by atomic mass is 32.2. The van der Waals surface area contributed by atoms with Gasteiger partial charge >= 0.3 is 5.97 Å². The highest BCUT2D eigenvalue weighted by Gasteiger charge is 2.44. The third kappa shape index (κ3) is 22.8. The molecule has 4 fully saturated rings. The molecule has 0 bridgehead atoms. The minimum atomic E-state index is -3.83. The molecule has 6 heterocycles. The van der Waals surface area contributed by atoms with Crippen LogP contribution in [-0.4, -0.2) is 110 Å². The molecule has 0 radical (unpaired) electrons. The number of fused-ring (bicyclic) bond motifs is 1. The van der Waals surface area contributed by atoms with Crippen LogP contribution in [0.4, 0.5) is 22.0 Å². The van der Waals surface area contributed by atoms with E-state index in [0.29, 0.717) is 78.7 Å². The van der Waals surface area contributed by atoms with Gasteiger partial charge in [-0.05, 0) is 160 Å². The molecule has 9 aliphatic rings. The molecule has 5 unspecified atom stereocenters. The van der Waals surface area contributed by atoms with Gasteiger partial charge in [0.1, 0.15) is 35.2 Å². The lowest BCUT2D eigenvalue weighted by Gasteiger charge is -2.34. The largest absolute Gasteiger partial charge is 0.416 e. The molecule has 0 spiro atoms. The Hall–Kier alpha value is -7.46. The molecule has 15 rings (SSSR count). The lowest BCUT2D eigenvalue weighted by Crippen LogP contribution is -2.39. The van der Waals surface area contributed by atoms with Gasteiger partial charge in [0.25, 0.3) is 10.1 Å². The van der Waals surface area contributed by atoms with Crippen LogP contribution >= 0.6 is 34.9 Å². The van der Waals surface area contributed by atoms with E-state index in [-0.39, 0.29) is 86.5 Å². The van der Waals surface area contributed by atoms with Crippen LogP contribution < -0.4 is 10.1 Å². The van der Waals surface area contributed by atoms with E-state index in [9.17, 15) is 69.0 Å². The summed E-state index contributed by atoms with van der Waals surface area (Å²) in [5.41, 5.74) is 4.83. The van der Waals surface area contributed by atoms with Crippen molar-refractivity contribution < 1.29 is 82.4 Å². The zero-order valence-corrected chi connectivity index (χ0v) is 63.7. The fourth-order valence-corrected chi connectivity index (χ4v) is 17.2.